The molecule has 24 heavy (non-hydrogen) atoms. The summed E-state index contributed by atoms with van der Waals surface area (Å²) < 4.78 is 13.0. The number of aromatic amines is 1. The van der Waals surface area contributed by atoms with Gasteiger partial charge in [0.25, 0.3) is 0 Å². The highest BCUT2D eigenvalue weighted by molar-refractivity contribution is 5.64. The topological polar surface area (TPSA) is 56.8 Å². The number of hydrogen-bond acceptors (Lipinski definition) is 4. The molecule has 6 heteroatoms. The van der Waals surface area contributed by atoms with Crippen molar-refractivity contribution in [3.63, 3.8) is 0 Å². The summed E-state index contributed by atoms with van der Waals surface area (Å²) in [5.41, 5.74) is 2.60. The first-order valence-electron chi connectivity index (χ1n) is 8.03. The molecular weight excluding hydrogens is 305 g/mol. The van der Waals surface area contributed by atoms with Crippen LogP contribution in [0.25, 0.3) is 22.6 Å². The summed E-state index contributed by atoms with van der Waals surface area (Å²) in [4.78, 5) is 14.6. The van der Waals surface area contributed by atoms with E-state index in [0.29, 0.717) is 0 Å². The van der Waals surface area contributed by atoms with Gasteiger partial charge in [0, 0.05) is 49.7 Å². The summed E-state index contributed by atoms with van der Waals surface area (Å²) in [6.45, 7) is 3.93. The van der Waals surface area contributed by atoms with Gasteiger partial charge in [-0.05, 0) is 36.4 Å². The van der Waals surface area contributed by atoms with E-state index in [1.807, 2.05) is 24.5 Å². The van der Waals surface area contributed by atoms with Gasteiger partial charge in [-0.1, -0.05) is 0 Å². The maximum Gasteiger partial charge on any atom is 0.139 e. The second-order valence-electron chi connectivity index (χ2n) is 5.78. The minimum atomic E-state index is -0.248. The Bertz CT molecular complexity index is 804. The van der Waals surface area contributed by atoms with Crippen LogP contribution in [0.5, 0.6) is 0 Å². The Morgan fingerprint density at radius 3 is 2.42 bits per heavy atom. The summed E-state index contributed by atoms with van der Waals surface area (Å²) in [6, 6.07) is 10.4. The van der Waals surface area contributed by atoms with E-state index in [4.69, 9.17) is 0 Å². The molecule has 0 unspecified atom stereocenters. The fourth-order valence-corrected chi connectivity index (χ4v) is 2.85. The molecular formula is C18H18FN5. The van der Waals surface area contributed by atoms with Gasteiger partial charge in [0.15, 0.2) is 0 Å². The number of nitrogens with one attached hydrogen (secondary N) is 2. The molecule has 3 heterocycles. The van der Waals surface area contributed by atoms with E-state index in [0.717, 1.165) is 54.6 Å². The van der Waals surface area contributed by atoms with Crippen molar-refractivity contribution in [2.24, 2.45) is 0 Å². The summed E-state index contributed by atoms with van der Waals surface area (Å²) in [7, 11) is 0. The first kappa shape index (κ1) is 14.8. The summed E-state index contributed by atoms with van der Waals surface area (Å²) >= 11 is 0. The molecule has 0 saturated carbocycles. The van der Waals surface area contributed by atoms with Crippen LogP contribution in [0.3, 0.4) is 0 Å². The third-order valence-electron chi connectivity index (χ3n) is 4.18. The van der Waals surface area contributed by atoms with E-state index in [1.54, 1.807) is 12.1 Å². The number of imidazole rings is 1. The van der Waals surface area contributed by atoms with Crippen LogP contribution in [-0.4, -0.2) is 41.1 Å². The molecule has 1 saturated heterocycles. The van der Waals surface area contributed by atoms with E-state index in [9.17, 15) is 4.39 Å². The van der Waals surface area contributed by atoms with Crippen LogP contribution in [0.4, 0.5) is 10.2 Å². The van der Waals surface area contributed by atoms with Gasteiger partial charge in [-0.2, -0.15) is 0 Å². The van der Waals surface area contributed by atoms with Gasteiger partial charge >= 0.3 is 0 Å². The van der Waals surface area contributed by atoms with Gasteiger partial charge in [-0.25, -0.2) is 14.4 Å². The van der Waals surface area contributed by atoms with Crippen molar-refractivity contribution in [3.05, 3.63) is 54.6 Å². The zero-order chi connectivity index (χ0) is 16.4. The standard InChI is InChI=1S/C18H18FN5/c19-15-4-1-13(2-5-15)16-12-22-18(23-16)14-3-6-17(21-11-14)24-9-7-20-8-10-24/h1-6,11-12,20H,7-10H2,(H,22,23). The second-order valence-corrected chi connectivity index (χ2v) is 5.78. The Kier molecular flexibility index (Phi) is 3.96. The SMILES string of the molecule is Fc1ccc(-c2c[nH]c(-c3ccc(N4CCNCC4)nc3)n2)cc1. The van der Waals surface area contributed by atoms with Gasteiger partial charge in [0.2, 0.25) is 0 Å². The number of halogens is 1. The number of benzene rings is 1. The predicted octanol–water partition coefficient (Wildman–Crippen LogP) is 2.69. The van der Waals surface area contributed by atoms with Crippen molar-refractivity contribution < 1.29 is 4.39 Å². The number of piperazine rings is 1. The fraction of sp³-hybridized carbons (Fsp3) is 0.222. The Hall–Kier alpha value is -2.73. The highest BCUT2D eigenvalue weighted by Gasteiger charge is 2.12. The van der Waals surface area contributed by atoms with Crippen LogP contribution < -0.4 is 10.2 Å². The van der Waals surface area contributed by atoms with E-state index in [1.165, 1.54) is 12.1 Å². The molecule has 0 radical (unpaired) electrons. The van der Waals surface area contributed by atoms with Gasteiger partial charge in [0.05, 0.1) is 5.69 Å². The number of anilines is 1. The zero-order valence-corrected chi connectivity index (χ0v) is 13.2. The first-order valence-corrected chi connectivity index (χ1v) is 8.03. The number of pyridine rings is 1. The Labute approximate surface area is 139 Å². The minimum absolute atomic E-state index is 0.248. The molecule has 0 aliphatic carbocycles. The largest absolute Gasteiger partial charge is 0.354 e. The lowest BCUT2D eigenvalue weighted by molar-refractivity contribution is 0.585. The maximum atomic E-state index is 13.0. The fourth-order valence-electron chi connectivity index (χ4n) is 2.85. The maximum absolute atomic E-state index is 13.0. The highest BCUT2D eigenvalue weighted by atomic mass is 19.1. The number of hydrogen-bond donors (Lipinski definition) is 2. The lowest BCUT2D eigenvalue weighted by atomic mass is 10.2. The number of aromatic nitrogens is 3. The molecule has 0 atom stereocenters. The quantitative estimate of drug-likeness (QED) is 0.778. The average molecular weight is 323 g/mol. The molecule has 2 N–H and O–H groups in total. The molecule has 1 aliphatic heterocycles. The second kappa shape index (κ2) is 6.41. The molecule has 1 fully saturated rings. The molecule has 0 bridgehead atoms. The van der Waals surface area contributed by atoms with Crippen molar-refractivity contribution in [2.75, 3.05) is 31.1 Å². The summed E-state index contributed by atoms with van der Waals surface area (Å²) in [5, 5.41) is 3.34. The third kappa shape index (κ3) is 3.00. The van der Waals surface area contributed by atoms with Crippen molar-refractivity contribution in [1.82, 2.24) is 20.3 Å². The van der Waals surface area contributed by atoms with Crippen molar-refractivity contribution in [2.45, 2.75) is 0 Å². The van der Waals surface area contributed by atoms with Gasteiger partial charge in [-0.3, -0.25) is 0 Å². The van der Waals surface area contributed by atoms with Crippen molar-refractivity contribution in [3.8, 4) is 22.6 Å². The molecule has 1 aromatic carbocycles. The monoisotopic (exact) mass is 323 g/mol. The Morgan fingerprint density at radius 1 is 0.958 bits per heavy atom. The minimum Gasteiger partial charge on any atom is -0.354 e. The summed E-state index contributed by atoms with van der Waals surface area (Å²) in [6.07, 6.45) is 3.66. The highest BCUT2D eigenvalue weighted by Crippen LogP contribution is 2.23. The van der Waals surface area contributed by atoms with Crippen LogP contribution in [0.2, 0.25) is 0 Å². The number of rotatable bonds is 3. The van der Waals surface area contributed by atoms with Gasteiger partial charge in [0.1, 0.15) is 17.5 Å². The molecule has 122 valence electrons. The normalized spacial score (nSPS) is 14.8. The van der Waals surface area contributed by atoms with Crippen LogP contribution in [-0.2, 0) is 0 Å². The molecule has 4 rings (SSSR count). The first-order chi connectivity index (χ1) is 11.8. The number of H-pyrrole nitrogens is 1. The smallest absolute Gasteiger partial charge is 0.139 e. The molecule has 0 spiro atoms. The van der Waals surface area contributed by atoms with Crippen molar-refractivity contribution in [1.29, 1.82) is 0 Å². The van der Waals surface area contributed by atoms with Crippen LogP contribution >= 0.6 is 0 Å². The predicted molar refractivity (Wildman–Crippen MR) is 92.3 cm³/mol. The molecule has 0 amide bonds. The lowest BCUT2D eigenvalue weighted by Gasteiger charge is -2.28. The van der Waals surface area contributed by atoms with E-state index >= 15 is 0 Å². The van der Waals surface area contributed by atoms with Crippen LogP contribution in [0.15, 0.2) is 48.8 Å². The van der Waals surface area contributed by atoms with Gasteiger partial charge in [-0.15, -0.1) is 0 Å². The van der Waals surface area contributed by atoms with Crippen LogP contribution in [0, 0.1) is 5.82 Å². The Morgan fingerprint density at radius 2 is 1.71 bits per heavy atom. The van der Waals surface area contributed by atoms with Gasteiger partial charge < -0.3 is 15.2 Å². The molecule has 3 aromatic rings. The number of nitrogens with zero attached hydrogens (tertiary/aromatic N) is 3. The zero-order valence-electron chi connectivity index (χ0n) is 13.2. The van der Waals surface area contributed by atoms with E-state index in [2.05, 4.69) is 25.2 Å². The van der Waals surface area contributed by atoms with Crippen molar-refractivity contribution >= 4 is 5.82 Å². The molecule has 2 aromatic heterocycles. The average Bonchev–Trinajstić information content (AvgIpc) is 3.13. The molecule has 5 nitrogen and oxygen atoms in total. The van der Waals surface area contributed by atoms with E-state index < -0.39 is 0 Å². The lowest BCUT2D eigenvalue weighted by Crippen LogP contribution is -2.43. The van der Waals surface area contributed by atoms with E-state index in [-0.39, 0.29) is 5.82 Å². The Balaban J connectivity index is 1.54. The van der Waals surface area contributed by atoms with Crippen LogP contribution in [0.1, 0.15) is 0 Å². The summed E-state index contributed by atoms with van der Waals surface area (Å²) in [5.74, 6) is 1.50. The third-order valence-corrected chi connectivity index (χ3v) is 4.18. The molecule has 1 aliphatic rings.